The summed E-state index contributed by atoms with van der Waals surface area (Å²) in [6.07, 6.45) is 0. The Morgan fingerprint density at radius 1 is 1.47 bits per heavy atom. The van der Waals surface area contributed by atoms with Crippen molar-refractivity contribution in [2.45, 2.75) is 33.4 Å². The van der Waals surface area contributed by atoms with E-state index in [1.165, 1.54) is 0 Å². The summed E-state index contributed by atoms with van der Waals surface area (Å²) >= 11 is 0. The lowest BCUT2D eigenvalue weighted by Gasteiger charge is -2.25. The van der Waals surface area contributed by atoms with E-state index in [-0.39, 0.29) is 11.9 Å². The van der Waals surface area contributed by atoms with Crippen molar-refractivity contribution in [3.05, 3.63) is 29.8 Å². The Morgan fingerprint density at radius 3 is 2.60 bits per heavy atom. The summed E-state index contributed by atoms with van der Waals surface area (Å²) in [6.45, 7) is 6.23. The third kappa shape index (κ3) is 3.27. The van der Waals surface area contributed by atoms with Gasteiger partial charge in [-0.1, -0.05) is 12.1 Å². The average molecular weight is 206 g/mol. The Hall–Kier alpha value is -1.51. The minimum Gasteiger partial charge on any atom is -0.399 e. The van der Waals surface area contributed by atoms with Crippen molar-refractivity contribution in [2.75, 3.05) is 5.73 Å². The van der Waals surface area contributed by atoms with Gasteiger partial charge in [-0.05, 0) is 31.5 Å². The number of nitrogens with zero attached hydrogens (tertiary/aromatic N) is 1. The Kier molecular flexibility index (Phi) is 3.72. The molecule has 3 nitrogen and oxygen atoms in total. The van der Waals surface area contributed by atoms with E-state index in [9.17, 15) is 4.79 Å². The van der Waals surface area contributed by atoms with Gasteiger partial charge < -0.3 is 10.6 Å². The molecular weight excluding hydrogens is 188 g/mol. The maximum atomic E-state index is 11.4. The highest BCUT2D eigenvalue weighted by Crippen LogP contribution is 2.11. The second-order valence-electron chi connectivity index (χ2n) is 3.99. The second-order valence-corrected chi connectivity index (χ2v) is 3.99. The molecule has 0 aliphatic heterocycles. The van der Waals surface area contributed by atoms with Crippen LogP contribution in [0, 0.1) is 0 Å². The normalized spacial score (nSPS) is 10.4. The van der Waals surface area contributed by atoms with Crippen molar-refractivity contribution >= 4 is 11.6 Å². The Morgan fingerprint density at radius 2 is 2.13 bits per heavy atom. The molecule has 0 saturated heterocycles. The van der Waals surface area contributed by atoms with E-state index in [0.29, 0.717) is 6.54 Å². The molecule has 0 heterocycles. The number of carbonyl (C=O) groups is 1. The summed E-state index contributed by atoms with van der Waals surface area (Å²) in [5.74, 6) is 0.0902. The van der Waals surface area contributed by atoms with Crippen molar-refractivity contribution < 1.29 is 4.79 Å². The molecule has 0 radical (unpaired) electrons. The van der Waals surface area contributed by atoms with Crippen LogP contribution in [0.4, 0.5) is 5.69 Å². The lowest BCUT2D eigenvalue weighted by atomic mass is 10.1. The fraction of sp³-hybridized carbons (Fsp3) is 0.417. The van der Waals surface area contributed by atoms with E-state index in [4.69, 9.17) is 5.73 Å². The Labute approximate surface area is 90.9 Å². The molecular formula is C12H18N2O. The zero-order valence-electron chi connectivity index (χ0n) is 9.53. The van der Waals surface area contributed by atoms with Gasteiger partial charge in [-0.15, -0.1) is 0 Å². The highest BCUT2D eigenvalue weighted by Gasteiger charge is 2.12. The van der Waals surface area contributed by atoms with Crippen LogP contribution < -0.4 is 5.73 Å². The first kappa shape index (κ1) is 11.6. The van der Waals surface area contributed by atoms with Gasteiger partial charge in [0.15, 0.2) is 0 Å². The minimum atomic E-state index is 0.0902. The van der Waals surface area contributed by atoms with Crippen molar-refractivity contribution in [3.63, 3.8) is 0 Å². The monoisotopic (exact) mass is 206 g/mol. The van der Waals surface area contributed by atoms with Gasteiger partial charge in [0.25, 0.3) is 0 Å². The molecule has 3 heteroatoms. The van der Waals surface area contributed by atoms with Crippen molar-refractivity contribution in [1.82, 2.24) is 4.90 Å². The predicted molar refractivity (Wildman–Crippen MR) is 62.2 cm³/mol. The van der Waals surface area contributed by atoms with Crippen LogP contribution in [0.25, 0.3) is 0 Å². The van der Waals surface area contributed by atoms with Crippen molar-refractivity contribution in [1.29, 1.82) is 0 Å². The van der Waals surface area contributed by atoms with Gasteiger partial charge in [0.1, 0.15) is 0 Å². The molecule has 0 aliphatic rings. The molecule has 0 atom stereocenters. The predicted octanol–water partition coefficient (Wildman–Crippen LogP) is 2.03. The van der Waals surface area contributed by atoms with Gasteiger partial charge >= 0.3 is 0 Å². The van der Waals surface area contributed by atoms with E-state index in [1.54, 1.807) is 6.92 Å². The van der Waals surface area contributed by atoms with Crippen LogP contribution in [-0.2, 0) is 11.3 Å². The Balaban J connectivity index is 2.79. The Bertz CT molecular complexity index is 347. The zero-order chi connectivity index (χ0) is 11.4. The maximum absolute atomic E-state index is 11.4. The molecule has 0 fully saturated rings. The smallest absolute Gasteiger partial charge is 0.219 e. The summed E-state index contributed by atoms with van der Waals surface area (Å²) in [4.78, 5) is 13.2. The summed E-state index contributed by atoms with van der Waals surface area (Å²) in [7, 11) is 0. The molecule has 0 aliphatic carbocycles. The first-order valence-corrected chi connectivity index (χ1v) is 5.12. The van der Waals surface area contributed by atoms with Gasteiger partial charge in [0, 0.05) is 25.2 Å². The number of rotatable bonds is 3. The summed E-state index contributed by atoms with van der Waals surface area (Å²) in [6, 6.07) is 7.84. The molecule has 1 amide bonds. The van der Waals surface area contributed by atoms with Gasteiger partial charge in [-0.25, -0.2) is 0 Å². The van der Waals surface area contributed by atoms with E-state index in [1.807, 2.05) is 43.0 Å². The summed E-state index contributed by atoms with van der Waals surface area (Å²) in [5.41, 5.74) is 7.49. The van der Waals surface area contributed by atoms with E-state index in [2.05, 4.69) is 0 Å². The van der Waals surface area contributed by atoms with Gasteiger partial charge in [0.05, 0.1) is 0 Å². The van der Waals surface area contributed by atoms with Gasteiger partial charge in [0.2, 0.25) is 5.91 Å². The van der Waals surface area contributed by atoms with Crippen LogP contribution in [0.5, 0.6) is 0 Å². The molecule has 0 unspecified atom stereocenters. The molecule has 1 aromatic carbocycles. The van der Waals surface area contributed by atoms with Gasteiger partial charge in [-0.3, -0.25) is 4.79 Å². The van der Waals surface area contributed by atoms with Crippen LogP contribution in [0.1, 0.15) is 26.3 Å². The second kappa shape index (κ2) is 4.82. The minimum absolute atomic E-state index is 0.0902. The number of nitrogens with two attached hydrogens (primary N) is 1. The number of anilines is 1. The first-order valence-electron chi connectivity index (χ1n) is 5.12. The topological polar surface area (TPSA) is 46.3 Å². The van der Waals surface area contributed by atoms with Gasteiger partial charge in [-0.2, -0.15) is 0 Å². The largest absolute Gasteiger partial charge is 0.399 e. The molecule has 0 spiro atoms. The summed E-state index contributed by atoms with van der Waals surface area (Å²) < 4.78 is 0. The highest BCUT2D eigenvalue weighted by atomic mass is 16.2. The van der Waals surface area contributed by atoms with Crippen molar-refractivity contribution in [2.24, 2.45) is 0 Å². The van der Waals surface area contributed by atoms with E-state index in [0.717, 1.165) is 11.3 Å². The fourth-order valence-corrected chi connectivity index (χ4v) is 1.55. The number of hydrogen-bond donors (Lipinski definition) is 1. The van der Waals surface area contributed by atoms with Crippen LogP contribution >= 0.6 is 0 Å². The molecule has 15 heavy (non-hydrogen) atoms. The van der Waals surface area contributed by atoms with Crippen LogP contribution in [-0.4, -0.2) is 16.8 Å². The molecule has 1 rings (SSSR count). The number of amides is 1. The maximum Gasteiger partial charge on any atom is 0.219 e. The van der Waals surface area contributed by atoms with Crippen molar-refractivity contribution in [3.8, 4) is 0 Å². The zero-order valence-corrected chi connectivity index (χ0v) is 9.53. The fourth-order valence-electron chi connectivity index (χ4n) is 1.55. The number of nitrogen functional groups attached to an aromatic ring is 1. The lowest BCUT2D eigenvalue weighted by Crippen LogP contribution is -2.34. The van der Waals surface area contributed by atoms with E-state index >= 15 is 0 Å². The molecule has 82 valence electrons. The first-order chi connectivity index (χ1) is 7.00. The standard InChI is InChI=1S/C12H18N2O/c1-9(2)14(10(3)15)8-11-5-4-6-12(13)7-11/h4-7,9H,8,13H2,1-3H3. The van der Waals surface area contributed by atoms with Crippen LogP contribution in [0.15, 0.2) is 24.3 Å². The summed E-state index contributed by atoms with van der Waals surface area (Å²) in [5, 5.41) is 0. The lowest BCUT2D eigenvalue weighted by molar-refractivity contribution is -0.131. The van der Waals surface area contributed by atoms with Crippen LogP contribution in [0.2, 0.25) is 0 Å². The van der Waals surface area contributed by atoms with Crippen LogP contribution in [0.3, 0.4) is 0 Å². The number of hydrogen-bond acceptors (Lipinski definition) is 2. The molecule has 0 saturated carbocycles. The van der Waals surface area contributed by atoms with E-state index < -0.39 is 0 Å². The quantitative estimate of drug-likeness (QED) is 0.769. The molecule has 0 bridgehead atoms. The third-order valence-corrected chi connectivity index (χ3v) is 2.33. The third-order valence-electron chi connectivity index (χ3n) is 2.33. The highest BCUT2D eigenvalue weighted by molar-refractivity contribution is 5.73. The SMILES string of the molecule is CC(=O)N(Cc1cccc(N)c1)C(C)C. The average Bonchev–Trinajstić information content (AvgIpc) is 2.13. The number of carbonyl (C=O) groups excluding carboxylic acids is 1. The molecule has 0 aromatic heterocycles. The molecule has 1 aromatic rings. The number of benzene rings is 1. The molecule has 2 N–H and O–H groups in total.